The molecule has 0 saturated heterocycles. The van der Waals surface area contributed by atoms with Crippen LogP contribution in [0.15, 0.2) is 60.8 Å². The van der Waals surface area contributed by atoms with Crippen LogP contribution in [0.4, 0.5) is 4.79 Å². The highest BCUT2D eigenvalue weighted by Gasteiger charge is 2.26. The normalized spacial score (nSPS) is 13.1. The van der Waals surface area contributed by atoms with Gasteiger partial charge in [0.25, 0.3) is 0 Å². The van der Waals surface area contributed by atoms with E-state index < -0.39 is 0 Å². The van der Waals surface area contributed by atoms with Gasteiger partial charge in [0.2, 0.25) is 5.88 Å². The van der Waals surface area contributed by atoms with Crippen molar-refractivity contribution >= 4 is 58.6 Å². The molecule has 0 unspecified atom stereocenters. The molecule has 200 valence electrons. The number of benzene rings is 2. The smallest absolute Gasteiger partial charge is 0.326 e. The molecule has 39 heavy (non-hydrogen) atoms. The first-order valence-corrected chi connectivity index (χ1v) is 12.9. The van der Waals surface area contributed by atoms with Gasteiger partial charge in [0.15, 0.2) is 0 Å². The van der Waals surface area contributed by atoms with Crippen molar-refractivity contribution in [1.29, 1.82) is 5.26 Å². The zero-order valence-corrected chi connectivity index (χ0v) is 23.5. The molecule has 1 aliphatic heterocycles. The van der Waals surface area contributed by atoms with Crippen molar-refractivity contribution in [2.75, 3.05) is 20.2 Å². The molecule has 0 bridgehead atoms. The molecule has 0 aliphatic carbocycles. The lowest BCUT2D eigenvalue weighted by Gasteiger charge is -2.27. The maximum absolute atomic E-state index is 13.4. The highest BCUT2D eigenvalue weighted by atomic mass is 35.5. The first-order chi connectivity index (χ1) is 18.5. The Balaban J connectivity index is 0.00000353. The van der Waals surface area contributed by atoms with E-state index in [4.69, 9.17) is 27.9 Å². The molecule has 7 nitrogen and oxygen atoms in total. The van der Waals surface area contributed by atoms with Gasteiger partial charge in [-0.2, -0.15) is 5.26 Å². The van der Waals surface area contributed by atoms with Gasteiger partial charge >= 0.3 is 6.03 Å². The molecule has 3 heterocycles. The minimum Gasteiger partial charge on any atom is -0.481 e. The van der Waals surface area contributed by atoms with Gasteiger partial charge in [-0.05, 0) is 53.1 Å². The predicted octanol–water partition coefficient (Wildman–Crippen LogP) is 6.47. The van der Waals surface area contributed by atoms with Crippen LogP contribution in [-0.2, 0) is 19.5 Å². The number of methoxy groups -OCH3 is 1. The zero-order valence-electron chi connectivity index (χ0n) is 21.2. The fourth-order valence-electron chi connectivity index (χ4n) is 4.75. The zero-order chi connectivity index (χ0) is 26.6. The number of halogens is 3. The van der Waals surface area contributed by atoms with Crippen LogP contribution in [0.1, 0.15) is 27.9 Å². The number of hydrogen-bond acceptors (Lipinski definition) is 5. The van der Waals surface area contributed by atoms with E-state index in [9.17, 15) is 10.1 Å². The summed E-state index contributed by atoms with van der Waals surface area (Å²) in [6.07, 6.45) is 6.49. The van der Waals surface area contributed by atoms with Crippen LogP contribution in [0.2, 0.25) is 10.0 Å². The highest BCUT2D eigenvalue weighted by Crippen LogP contribution is 2.32. The minimum absolute atomic E-state index is 0. The summed E-state index contributed by atoms with van der Waals surface area (Å²) < 4.78 is 6.94. The fourth-order valence-corrected chi connectivity index (χ4v) is 5.06. The third kappa shape index (κ3) is 6.21. The van der Waals surface area contributed by atoms with E-state index in [0.29, 0.717) is 41.0 Å². The molecule has 4 aromatic rings. The number of carbonyl (C=O) groups excluding carboxylic acids is 1. The standard InChI is InChI=1S/C29H25Cl2N5O2.ClH/c1-38-28-15-21(8-10-33-28)17-34-29(37)36-26-7-5-20(16-32)13-22(26)23-18-35(12-9-27(23)36)11-2-3-19-4-6-24(30)25(31)14-19;/h2-8,10,13-15H,9,11-12,17-18H2,1H3,(H,34,37);1H/b3-2+;. The molecule has 0 spiro atoms. The van der Waals surface area contributed by atoms with Crippen LogP contribution < -0.4 is 10.1 Å². The van der Waals surface area contributed by atoms with Crippen molar-refractivity contribution in [1.82, 2.24) is 19.8 Å². The Labute approximate surface area is 243 Å². The molecule has 2 aromatic carbocycles. The Morgan fingerprint density at radius 3 is 2.79 bits per heavy atom. The van der Waals surface area contributed by atoms with Gasteiger partial charge in [0, 0.05) is 55.9 Å². The third-order valence-electron chi connectivity index (χ3n) is 6.63. The van der Waals surface area contributed by atoms with Gasteiger partial charge in [-0.3, -0.25) is 9.47 Å². The summed E-state index contributed by atoms with van der Waals surface area (Å²) in [6, 6.07) is 16.7. The summed E-state index contributed by atoms with van der Waals surface area (Å²) in [6.45, 7) is 2.55. The maximum atomic E-state index is 13.4. The number of amides is 1. The van der Waals surface area contributed by atoms with Crippen LogP contribution in [0, 0.1) is 11.3 Å². The lowest BCUT2D eigenvalue weighted by atomic mass is 10.0. The highest BCUT2D eigenvalue weighted by molar-refractivity contribution is 6.42. The minimum atomic E-state index is -0.204. The average Bonchev–Trinajstić information content (AvgIpc) is 3.26. The number of fused-ring (bicyclic) bond motifs is 3. The Morgan fingerprint density at radius 1 is 1.18 bits per heavy atom. The molecule has 0 atom stereocenters. The number of hydrogen-bond donors (Lipinski definition) is 1. The number of aromatic nitrogens is 2. The van der Waals surface area contributed by atoms with E-state index in [2.05, 4.69) is 27.3 Å². The monoisotopic (exact) mass is 581 g/mol. The van der Waals surface area contributed by atoms with Crippen LogP contribution in [0.5, 0.6) is 5.88 Å². The molecule has 0 radical (unpaired) electrons. The Hall–Kier alpha value is -3.54. The van der Waals surface area contributed by atoms with Crippen molar-refractivity contribution in [3.05, 3.63) is 98.8 Å². The largest absolute Gasteiger partial charge is 0.481 e. The second-order valence-electron chi connectivity index (χ2n) is 9.03. The van der Waals surface area contributed by atoms with Gasteiger partial charge in [0.05, 0.1) is 34.3 Å². The molecule has 1 N–H and O–H groups in total. The molecule has 1 amide bonds. The lowest BCUT2D eigenvalue weighted by Crippen LogP contribution is -2.34. The average molecular weight is 583 g/mol. The van der Waals surface area contributed by atoms with Gasteiger partial charge in [0.1, 0.15) is 0 Å². The topological polar surface area (TPSA) is 83.2 Å². The molecule has 5 rings (SSSR count). The number of nitrogens with one attached hydrogen (secondary N) is 1. The first kappa shape index (κ1) is 28.5. The van der Waals surface area contributed by atoms with Crippen molar-refractivity contribution in [2.45, 2.75) is 19.5 Å². The van der Waals surface area contributed by atoms with Gasteiger partial charge in [-0.1, -0.05) is 41.4 Å². The van der Waals surface area contributed by atoms with E-state index in [0.717, 1.165) is 46.4 Å². The van der Waals surface area contributed by atoms with Crippen molar-refractivity contribution in [3.8, 4) is 11.9 Å². The second-order valence-corrected chi connectivity index (χ2v) is 9.84. The fraction of sp³-hybridized carbons (Fsp3) is 0.207. The Kier molecular flexibility index (Phi) is 9.16. The van der Waals surface area contributed by atoms with E-state index in [-0.39, 0.29) is 18.4 Å². The lowest BCUT2D eigenvalue weighted by molar-refractivity contribution is 0.240. The van der Waals surface area contributed by atoms with Gasteiger partial charge < -0.3 is 10.1 Å². The summed E-state index contributed by atoms with van der Waals surface area (Å²) in [7, 11) is 1.56. The number of pyridine rings is 1. The Morgan fingerprint density at radius 2 is 2.03 bits per heavy atom. The molecule has 0 saturated carbocycles. The van der Waals surface area contributed by atoms with Crippen molar-refractivity contribution < 1.29 is 9.53 Å². The maximum Gasteiger partial charge on any atom is 0.326 e. The first-order valence-electron chi connectivity index (χ1n) is 12.1. The van der Waals surface area contributed by atoms with E-state index in [1.54, 1.807) is 36.1 Å². The number of rotatable bonds is 6. The summed E-state index contributed by atoms with van der Waals surface area (Å²) in [5.74, 6) is 0.498. The molecule has 2 aromatic heterocycles. The van der Waals surface area contributed by atoms with E-state index in [1.807, 2.05) is 36.4 Å². The molecular weight excluding hydrogens is 557 g/mol. The van der Waals surface area contributed by atoms with E-state index in [1.165, 1.54) is 0 Å². The predicted molar refractivity (Wildman–Crippen MR) is 157 cm³/mol. The van der Waals surface area contributed by atoms with E-state index >= 15 is 0 Å². The third-order valence-corrected chi connectivity index (χ3v) is 7.37. The number of nitriles is 1. The van der Waals surface area contributed by atoms with Crippen LogP contribution >= 0.6 is 35.6 Å². The molecular formula is C29H26Cl3N5O2. The molecule has 1 aliphatic rings. The summed E-state index contributed by atoms with van der Waals surface area (Å²) in [5, 5.41) is 14.5. The number of carbonyl (C=O) groups is 1. The summed E-state index contributed by atoms with van der Waals surface area (Å²) in [5.41, 5.74) is 5.29. The quantitative estimate of drug-likeness (QED) is 0.282. The van der Waals surface area contributed by atoms with Crippen LogP contribution in [-0.4, -0.2) is 40.7 Å². The Bertz CT molecular complexity index is 1590. The van der Waals surface area contributed by atoms with Gasteiger partial charge in [-0.15, -0.1) is 12.4 Å². The summed E-state index contributed by atoms with van der Waals surface area (Å²) in [4.78, 5) is 19.9. The van der Waals surface area contributed by atoms with Crippen molar-refractivity contribution in [2.24, 2.45) is 0 Å². The van der Waals surface area contributed by atoms with Crippen LogP contribution in [0.25, 0.3) is 17.0 Å². The van der Waals surface area contributed by atoms with Crippen LogP contribution in [0.3, 0.4) is 0 Å². The molecule has 10 heteroatoms. The summed E-state index contributed by atoms with van der Waals surface area (Å²) >= 11 is 12.2. The molecule has 0 fully saturated rings. The second kappa shape index (κ2) is 12.5. The SMILES string of the molecule is COc1cc(CNC(=O)n2c3c(c4cc(C#N)ccc42)CN(C/C=C/c2ccc(Cl)c(Cl)c2)CC3)ccn1.Cl. The van der Waals surface area contributed by atoms with Crippen molar-refractivity contribution in [3.63, 3.8) is 0 Å². The number of ether oxygens (including phenoxy) is 1. The van der Waals surface area contributed by atoms with Gasteiger partial charge in [-0.25, -0.2) is 9.78 Å². The number of nitrogens with zero attached hydrogens (tertiary/aromatic N) is 4.